The third kappa shape index (κ3) is 4.99. The molecule has 0 aliphatic heterocycles. The Balaban J connectivity index is 1.82. The molecule has 2 aromatic carbocycles. The normalized spacial score (nSPS) is 10.5. The molecule has 0 aromatic heterocycles. The number of benzene rings is 2. The number of ether oxygens (including phenoxy) is 1. The number of hydrogen-bond acceptors (Lipinski definition) is 2. The van der Waals surface area contributed by atoms with Gasteiger partial charge in [0.25, 0.3) is 0 Å². The Labute approximate surface area is 156 Å². The molecule has 24 heavy (non-hydrogen) atoms. The molecule has 5 heteroatoms. The molecule has 0 radical (unpaired) electrons. The fourth-order valence-electron chi connectivity index (χ4n) is 2.37. The van der Waals surface area contributed by atoms with E-state index in [1.807, 2.05) is 51.1 Å². The van der Waals surface area contributed by atoms with Crippen molar-refractivity contribution in [3.63, 3.8) is 0 Å². The average molecular weight is 411 g/mol. The maximum Gasteiger partial charge on any atom is 0.224 e. The summed E-state index contributed by atoms with van der Waals surface area (Å²) in [6.07, 6.45) is 1.06. The molecule has 0 saturated carbocycles. The molecule has 128 valence electrons. The maximum absolute atomic E-state index is 12.0. The smallest absolute Gasteiger partial charge is 0.224 e. The van der Waals surface area contributed by atoms with Gasteiger partial charge in [-0.2, -0.15) is 0 Å². The average Bonchev–Trinajstić information content (AvgIpc) is 2.54. The van der Waals surface area contributed by atoms with Crippen molar-refractivity contribution in [2.45, 2.75) is 33.6 Å². The van der Waals surface area contributed by atoms with Crippen LogP contribution in [0, 0.1) is 20.8 Å². The number of carbonyl (C=O) groups excluding carboxylic acids is 1. The Morgan fingerprint density at radius 1 is 1.25 bits per heavy atom. The van der Waals surface area contributed by atoms with Crippen molar-refractivity contribution in [1.82, 2.24) is 0 Å². The van der Waals surface area contributed by atoms with E-state index in [4.69, 9.17) is 16.3 Å². The van der Waals surface area contributed by atoms with Crippen molar-refractivity contribution in [2.75, 3.05) is 11.9 Å². The second kappa shape index (κ2) is 8.54. The minimum atomic E-state index is -0.00765. The van der Waals surface area contributed by atoms with E-state index >= 15 is 0 Å². The first kappa shape index (κ1) is 18.8. The molecular formula is C19H21BrClNO2. The van der Waals surface area contributed by atoms with E-state index in [2.05, 4.69) is 21.2 Å². The molecule has 3 nitrogen and oxygen atoms in total. The van der Waals surface area contributed by atoms with Gasteiger partial charge >= 0.3 is 0 Å². The van der Waals surface area contributed by atoms with Gasteiger partial charge in [-0.25, -0.2) is 0 Å². The largest absolute Gasteiger partial charge is 0.492 e. The molecule has 0 unspecified atom stereocenters. The zero-order valence-corrected chi connectivity index (χ0v) is 16.4. The van der Waals surface area contributed by atoms with E-state index in [0.29, 0.717) is 19.4 Å². The molecule has 0 fully saturated rings. The van der Waals surface area contributed by atoms with Gasteiger partial charge in [-0.15, -0.1) is 0 Å². The van der Waals surface area contributed by atoms with Crippen LogP contribution in [0.3, 0.4) is 0 Å². The van der Waals surface area contributed by atoms with Gasteiger partial charge in [0.15, 0.2) is 0 Å². The molecule has 2 aromatic rings. The molecule has 2 rings (SSSR count). The van der Waals surface area contributed by atoms with Gasteiger partial charge < -0.3 is 10.1 Å². The number of amides is 1. The van der Waals surface area contributed by atoms with Crippen molar-refractivity contribution in [3.05, 3.63) is 56.5 Å². The monoisotopic (exact) mass is 409 g/mol. The van der Waals surface area contributed by atoms with Crippen LogP contribution in [-0.4, -0.2) is 12.5 Å². The molecule has 1 N–H and O–H groups in total. The lowest BCUT2D eigenvalue weighted by atomic mass is 10.1. The van der Waals surface area contributed by atoms with Crippen LogP contribution in [0.5, 0.6) is 5.75 Å². The molecule has 0 bridgehead atoms. The minimum absolute atomic E-state index is 0.00765. The fourth-order valence-corrected chi connectivity index (χ4v) is 3.06. The Bertz CT molecular complexity index is 746. The molecule has 0 spiro atoms. The zero-order chi connectivity index (χ0) is 17.7. The van der Waals surface area contributed by atoms with Gasteiger partial charge in [0.2, 0.25) is 5.91 Å². The van der Waals surface area contributed by atoms with Crippen LogP contribution in [-0.2, 0) is 4.79 Å². The number of halogens is 2. The standard InChI is InChI=1S/C19H21BrClNO2/c1-12-6-4-7-15(10-12)22-17(23)8-5-9-24-16-11-13(2)19(21)14(3)18(16)20/h4,6-7,10-11H,5,8-9H2,1-3H3,(H,22,23). The van der Waals surface area contributed by atoms with Gasteiger partial charge in [0.05, 0.1) is 11.1 Å². The highest BCUT2D eigenvalue weighted by Crippen LogP contribution is 2.35. The third-order valence-electron chi connectivity index (χ3n) is 3.68. The van der Waals surface area contributed by atoms with Crippen molar-refractivity contribution in [3.8, 4) is 5.75 Å². The van der Waals surface area contributed by atoms with Crippen molar-refractivity contribution in [2.24, 2.45) is 0 Å². The van der Waals surface area contributed by atoms with Gasteiger partial charge in [-0.3, -0.25) is 4.79 Å². The lowest BCUT2D eigenvalue weighted by Crippen LogP contribution is -2.13. The van der Waals surface area contributed by atoms with Crippen molar-refractivity contribution >= 4 is 39.1 Å². The van der Waals surface area contributed by atoms with Gasteiger partial charge in [0, 0.05) is 17.1 Å². The topological polar surface area (TPSA) is 38.3 Å². The molecular weight excluding hydrogens is 390 g/mol. The highest BCUT2D eigenvalue weighted by molar-refractivity contribution is 9.10. The summed E-state index contributed by atoms with van der Waals surface area (Å²) in [7, 11) is 0. The Hall–Kier alpha value is -1.52. The van der Waals surface area contributed by atoms with Crippen molar-refractivity contribution < 1.29 is 9.53 Å². The first-order chi connectivity index (χ1) is 11.4. The Morgan fingerprint density at radius 3 is 2.71 bits per heavy atom. The summed E-state index contributed by atoms with van der Waals surface area (Å²) in [5.41, 5.74) is 3.88. The number of aryl methyl sites for hydroxylation is 2. The fraction of sp³-hybridized carbons (Fsp3) is 0.316. The van der Waals surface area contributed by atoms with E-state index in [0.717, 1.165) is 37.6 Å². The number of rotatable bonds is 6. The van der Waals surface area contributed by atoms with E-state index in [1.54, 1.807) is 0 Å². The third-order valence-corrected chi connectivity index (χ3v) is 5.24. The summed E-state index contributed by atoms with van der Waals surface area (Å²) >= 11 is 9.72. The van der Waals surface area contributed by atoms with Gasteiger partial charge in [-0.05, 0) is 78.0 Å². The van der Waals surface area contributed by atoms with Crippen LogP contribution in [0.25, 0.3) is 0 Å². The molecule has 0 atom stereocenters. The van der Waals surface area contributed by atoms with Crippen LogP contribution in [0.4, 0.5) is 5.69 Å². The summed E-state index contributed by atoms with van der Waals surface area (Å²) in [5.74, 6) is 0.750. The minimum Gasteiger partial charge on any atom is -0.492 e. The SMILES string of the molecule is Cc1cccc(NC(=O)CCCOc2cc(C)c(Cl)c(C)c2Br)c1. The predicted octanol–water partition coefficient (Wildman–Crippen LogP) is 5.83. The van der Waals surface area contributed by atoms with Gasteiger partial charge in [0.1, 0.15) is 5.75 Å². The first-order valence-corrected chi connectivity index (χ1v) is 9.00. The summed E-state index contributed by atoms with van der Waals surface area (Å²) in [6.45, 7) is 6.36. The number of carbonyl (C=O) groups is 1. The van der Waals surface area contributed by atoms with Gasteiger partial charge in [-0.1, -0.05) is 23.7 Å². The van der Waals surface area contributed by atoms with E-state index < -0.39 is 0 Å². The molecule has 0 saturated heterocycles. The van der Waals surface area contributed by atoms with Crippen LogP contribution >= 0.6 is 27.5 Å². The lowest BCUT2D eigenvalue weighted by molar-refractivity contribution is -0.116. The first-order valence-electron chi connectivity index (χ1n) is 7.83. The Kier molecular flexibility index (Phi) is 6.69. The summed E-state index contributed by atoms with van der Waals surface area (Å²) in [5, 5.41) is 3.64. The maximum atomic E-state index is 12.0. The molecule has 0 aliphatic rings. The van der Waals surface area contributed by atoms with E-state index in [9.17, 15) is 4.79 Å². The van der Waals surface area contributed by atoms with Crippen LogP contribution < -0.4 is 10.1 Å². The highest BCUT2D eigenvalue weighted by Gasteiger charge is 2.11. The lowest BCUT2D eigenvalue weighted by Gasteiger charge is -2.13. The number of nitrogens with one attached hydrogen (secondary N) is 1. The number of hydrogen-bond donors (Lipinski definition) is 1. The van der Waals surface area contributed by atoms with Crippen LogP contribution in [0.2, 0.25) is 5.02 Å². The summed E-state index contributed by atoms with van der Waals surface area (Å²) in [4.78, 5) is 12.0. The van der Waals surface area contributed by atoms with E-state index in [1.165, 1.54) is 0 Å². The second-order valence-electron chi connectivity index (χ2n) is 5.81. The highest BCUT2D eigenvalue weighted by atomic mass is 79.9. The van der Waals surface area contributed by atoms with Crippen molar-refractivity contribution in [1.29, 1.82) is 0 Å². The summed E-state index contributed by atoms with van der Waals surface area (Å²) in [6, 6.07) is 9.67. The zero-order valence-electron chi connectivity index (χ0n) is 14.1. The second-order valence-corrected chi connectivity index (χ2v) is 6.99. The summed E-state index contributed by atoms with van der Waals surface area (Å²) < 4.78 is 6.65. The van der Waals surface area contributed by atoms with Crippen LogP contribution in [0.15, 0.2) is 34.8 Å². The quantitative estimate of drug-likeness (QED) is 0.609. The predicted molar refractivity (Wildman–Crippen MR) is 103 cm³/mol. The van der Waals surface area contributed by atoms with Crippen LogP contribution in [0.1, 0.15) is 29.5 Å². The molecule has 1 amide bonds. The van der Waals surface area contributed by atoms with E-state index in [-0.39, 0.29) is 5.91 Å². The molecule has 0 aliphatic carbocycles. The number of anilines is 1. The Morgan fingerprint density at radius 2 is 2.00 bits per heavy atom. The molecule has 0 heterocycles.